The third-order valence-electron chi connectivity index (χ3n) is 4.25. The van der Waals surface area contributed by atoms with Crippen LogP contribution in [0.25, 0.3) is 10.2 Å². The third-order valence-corrected chi connectivity index (χ3v) is 6.33. The minimum Gasteiger partial charge on any atom is -0.319 e. The number of nitrogens with zero attached hydrogens (tertiary/aromatic N) is 2. The summed E-state index contributed by atoms with van der Waals surface area (Å²) in [6, 6.07) is 0. The normalized spacial score (nSPS) is 11.1. The maximum atomic E-state index is 12.4. The molecule has 10 heteroatoms. The van der Waals surface area contributed by atoms with E-state index in [1.54, 1.807) is 18.3 Å². The molecule has 0 bridgehead atoms. The first-order valence-electron chi connectivity index (χ1n) is 8.82. The fraction of sp³-hybridized carbons (Fsp3) is 0.389. The monoisotopic (exact) mass is 419 g/mol. The highest BCUT2D eigenvalue weighted by Gasteiger charge is 2.17. The summed E-state index contributed by atoms with van der Waals surface area (Å²) in [4.78, 5) is 51.5. The molecule has 0 aliphatic rings. The first-order chi connectivity index (χ1) is 13.3. The number of carbonyl (C=O) groups is 1. The zero-order valence-electron chi connectivity index (χ0n) is 16.1. The Morgan fingerprint density at radius 1 is 1.18 bits per heavy atom. The first-order valence-corrected chi connectivity index (χ1v) is 10.6. The van der Waals surface area contributed by atoms with Crippen molar-refractivity contribution in [2.75, 3.05) is 11.1 Å². The van der Waals surface area contributed by atoms with E-state index in [-0.39, 0.29) is 17.3 Å². The van der Waals surface area contributed by atoms with Crippen LogP contribution < -0.4 is 16.6 Å². The zero-order chi connectivity index (χ0) is 20.4. The van der Waals surface area contributed by atoms with Crippen LogP contribution in [-0.4, -0.2) is 31.6 Å². The van der Waals surface area contributed by atoms with Crippen LogP contribution in [0.15, 0.2) is 14.6 Å². The molecule has 0 spiro atoms. The molecule has 0 saturated carbocycles. The largest absolute Gasteiger partial charge is 0.326 e. The predicted molar refractivity (Wildman–Crippen MR) is 113 cm³/mol. The minimum atomic E-state index is -0.626. The Balaban J connectivity index is 1.84. The van der Waals surface area contributed by atoms with Gasteiger partial charge in [0.05, 0.1) is 5.75 Å². The first kappa shape index (κ1) is 20.3. The molecule has 1 amide bonds. The van der Waals surface area contributed by atoms with Gasteiger partial charge in [-0.25, -0.2) is 14.8 Å². The third kappa shape index (κ3) is 4.17. The quantitative estimate of drug-likeness (QED) is 0.417. The lowest BCUT2D eigenvalue weighted by Gasteiger charge is -2.08. The molecule has 148 valence electrons. The molecule has 0 saturated heterocycles. The number of fused-ring (bicyclic) bond motifs is 1. The Morgan fingerprint density at radius 3 is 2.61 bits per heavy atom. The average Bonchev–Trinajstić information content (AvgIpc) is 2.90. The number of hydrogen-bond donors (Lipinski definition) is 3. The summed E-state index contributed by atoms with van der Waals surface area (Å²) in [5, 5.41) is 4.33. The number of aromatic amines is 2. The standard InChI is InChI=1S/C18H21N5O3S2/c1-5-6-11-20-16(13-8(2)10(4)28-17(13)21-11)27-7-12(24)22-14-9(3)19-18(26)23-15(14)25/h5-7H2,1-4H3,(H,22,24)(H2,19,23,25,26). The van der Waals surface area contributed by atoms with Gasteiger partial charge in [-0.1, -0.05) is 18.7 Å². The zero-order valence-corrected chi connectivity index (χ0v) is 17.7. The van der Waals surface area contributed by atoms with Crippen molar-refractivity contribution in [1.82, 2.24) is 19.9 Å². The Hall–Kier alpha value is -2.46. The molecule has 3 heterocycles. The average molecular weight is 420 g/mol. The second-order valence-corrected chi connectivity index (χ2v) is 8.57. The molecule has 0 unspecified atom stereocenters. The molecule has 0 aliphatic heterocycles. The van der Waals surface area contributed by atoms with Gasteiger partial charge in [-0.15, -0.1) is 11.3 Å². The number of anilines is 1. The van der Waals surface area contributed by atoms with Crippen molar-refractivity contribution in [3.63, 3.8) is 0 Å². The fourth-order valence-corrected chi connectivity index (χ4v) is 4.77. The maximum absolute atomic E-state index is 12.4. The van der Waals surface area contributed by atoms with Crippen LogP contribution in [-0.2, 0) is 11.2 Å². The van der Waals surface area contributed by atoms with E-state index in [4.69, 9.17) is 0 Å². The second kappa shape index (κ2) is 8.27. The van der Waals surface area contributed by atoms with Gasteiger partial charge in [0.25, 0.3) is 5.56 Å². The van der Waals surface area contributed by atoms with Gasteiger partial charge in [0.2, 0.25) is 5.91 Å². The van der Waals surface area contributed by atoms with E-state index in [0.29, 0.717) is 5.69 Å². The molecule has 0 fully saturated rings. The van der Waals surface area contributed by atoms with Crippen molar-refractivity contribution in [3.05, 3.63) is 42.8 Å². The highest BCUT2D eigenvalue weighted by Crippen LogP contribution is 2.35. The van der Waals surface area contributed by atoms with Gasteiger partial charge < -0.3 is 10.3 Å². The van der Waals surface area contributed by atoms with Crippen LogP contribution in [0.4, 0.5) is 5.69 Å². The molecule has 3 rings (SSSR count). The molecule has 0 aliphatic carbocycles. The van der Waals surface area contributed by atoms with Crippen LogP contribution in [0.5, 0.6) is 0 Å². The topological polar surface area (TPSA) is 121 Å². The van der Waals surface area contributed by atoms with E-state index in [9.17, 15) is 14.4 Å². The van der Waals surface area contributed by atoms with E-state index in [1.807, 2.05) is 13.8 Å². The number of rotatable bonds is 6. The number of amides is 1. The van der Waals surface area contributed by atoms with Gasteiger partial charge in [0, 0.05) is 22.4 Å². The van der Waals surface area contributed by atoms with Crippen LogP contribution in [0.3, 0.4) is 0 Å². The van der Waals surface area contributed by atoms with Gasteiger partial charge in [-0.3, -0.25) is 14.6 Å². The van der Waals surface area contributed by atoms with E-state index < -0.39 is 11.2 Å². The van der Waals surface area contributed by atoms with Crippen LogP contribution >= 0.6 is 23.1 Å². The van der Waals surface area contributed by atoms with Gasteiger partial charge in [0.15, 0.2) is 0 Å². The Kier molecular flexibility index (Phi) is 5.99. The van der Waals surface area contributed by atoms with E-state index in [1.165, 1.54) is 16.6 Å². The number of nitrogens with one attached hydrogen (secondary N) is 3. The second-order valence-electron chi connectivity index (χ2n) is 6.40. The summed E-state index contributed by atoms with van der Waals surface area (Å²) in [6.45, 7) is 7.71. The van der Waals surface area contributed by atoms with Crippen LogP contribution in [0, 0.1) is 20.8 Å². The van der Waals surface area contributed by atoms with Crippen LogP contribution in [0.2, 0.25) is 0 Å². The predicted octanol–water partition coefficient (Wildman–Crippen LogP) is 2.68. The van der Waals surface area contributed by atoms with E-state index in [0.717, 1.165) is 39.5 Å². The van der Waals surface area contributed by atoms with Crippen molar-refractivity contribution in [2.24, 2.45) is 0 Å². The number of carbonyl (C=O) groups excluding carboxylic acids is 1. The molecule has 3 aromatic rings. The molecule has 3 aromatic heterocycles. The van der Waals surface area contributed by atoms with Gasteiger partial charge in [-0.2, -0.15) is 0 Å². The molecular formula is C18H21N5O3S2. The number of aromatic nitrogens is 4. The molecule has 0 atom stereocenters. The van der Waals surface area contributed by atoms with Crippen molar-refractivity contribution >= 4 is 44.9 Å². The van der Waals surface area contributed by atoms with E-state index in [2.05, 4.69) is 32.2 Å². The minimum absolute atomic E-state index is 0.0484. The van der Waals surface area contributed by atoms with Crippen molar-refractivity contribution in [1.29, 1.82) is 0 Å². The number of H-pyrrole nitrogens is 2. The molecule has 8 nitrogen and oxygen atoms in total. The summed E-state index contributed by atoms with van der Waals surface area (Å²) in [5.41, 5.74) is 0.251. The molecular weight excluding hydrogens is 398 g/mol. The summed E-state index contributed by atoms with van der Waals surface area (Å²) in [5.74, 6) is 0.510. The Bertz CT molecular complexity index is 1160. The number of hydrogen-bond acceptors (Lipinski definition) is 7. The summed E-state index contributed by atoms with van der Waals surface area (Å²) in [7, 11) is 0. The summed E-state index contributed by atoms with van der Waals surface area (Å²) < 4.78 is 0. The smallest absolute Gasteiger partial charge is 0.319 e. The highest BCUT2D eigenvalue weighted by atomic mass is 32.2. The fourth-order valence-electron chi connectivity index (χ4n) is 2.75. The molecule has 0 radical (unpaired) electrons. The lowest BCUT2D eigenvalue weighted by molar-refractivity contribution is -0.113. The highest BCUT2D eigenvalue weighted by molar-refractivity contribution is 8.00. The number of thiophene rings is 1. The lowest BCUT2D eigenvalue weighted by Crippen LogP contribution is -2.29. The van der Waals surface area contributed by atoms with Gasteiger partial charge in [-0.05, 0) is 32.8 Å². The SMILES string of the molecule is CCCc1nc(SCC(=O)Nc2c(C)[nH]c(=O)[nH]c2=O)c2c(C)c(C)sc2n1. The van der Waals surface area contributed by atoms with E-state index >= 15 is 0 Å². The summed E-state index contributed by atoms with van der Waals surface area (Å²) >= 11 is 2.95. The molecule has 0 aromatic carbocycles. The molecule has 3 N–H and O–H groups in total. The number of thioether (sulfide) groups is 1. The number of aryl methyl sites for hydroxylation is 4. The Labute approximate surface area is 169 Å². The van der Waals surface area contributed by atoms with Gasteiger partial charge in [0.1, 0.15) is 21.4 Å². The van der Waals surface area contributed by atoms with Gasteiger partial charge >= 0.3 is 5.69 Å². The maximum Gasteiger partial charge on any atom is 0.326 e. The lowest BCUT2D eigenvalue weighted by atomic mass is 10.2. The van der Waals surface area contributed by atoms with Crippen LogP contribution in [0.1, 0.15) is 35.3 Å². The summed E-state index contributed by atoms with van der Waals surface area (Å²) in [6.07, 6.45) is 1.71. The van der Waals surface area contributed by atoms with Crippen molar-refractivity contribution < 1.29 is 4.79 Å². The Morgan fingerprint density at radius 2 is 1.93 bits per heavy atom. The van der Waals surface area contributed by atoms with Crippen molar-refractivity contribution in [3.8, 4) is 0 Å². The van der Waals surface area contributed by atoms with Crippen molar-refractivity contribution in [2.45, 2.75) is 45.6 Å². The molecule has 28 heavy (non-hydrogen) atoms.